The number of hydrogen-bond acceptors (Lipinski definition) is 4. The summed E-state index contributed by atoms with van der Waals surface area (Å²) in [4.78, 5) is 26.5. The number of hydrogen-bond donors (Lipinski definition) is 2. The van der Waals surface area contributed by atoms with Crippen LogP contribution < -0.4 is 10.6 Å². The number of piperidine rings is 1. The molecule has 1 saturated heterocycles. The molecule has 1 heterocycles. The fourth-order valence-corrected chi connectivity index (χ4v) is 3.37. The highest BCUT2D eigenvalue weighted by Gasteiger charge is 2.25. The van der Waals surface area contributed by atoms with E-state index in [9.17, 15) is 9.59 Å². The minimum Gasteiger partial charge on any atom is -0.380 e. The van der Waals surface area contributed by atoms with Gasteiger partial charge in [0.15, 0.2) is 0 Å². The average molecular weight is 376 g/mol. The summed E-state index contributed by atoms with van der Waals surface area (Å²) in [7, 11) is 1.67. The molecule has 0 aromatic heterocycles. The fourth-order valence-electron chi connectivity index (χ4n) is 3.37. The summed E-state index contributed by atoms with van der Waals surface area (Å²) < 4.78 is 5.20. The Kier molecular flexibility index (Phi) is 9.28. The van der Waals surface area contributed by atoms with Gasteiger partial charge in [0.05, 0.1) is 13.2 Å². The Balaban J connectivity index is 1.69. The largest absolute Gasteiger partial charge is 0.380 e. The second kappa shape index (κ2) is 11.7. The van der Waals surface area contributed by atoms with Crippen molar-refractivity contribution >= 4 is 11.8 Å². The van der Waals surface area contributed by atoms with Gasteiger partial charge in [0, 0.05) is 26.1 Å². The Morgan fingerprint density at radius 3 is 2.52 bits per heavy atom. The first-order chi connectivity index (χ1) is 13.1. The summed E-state index contributed by atoms with van der Waals surface area (Å²) in [6, 6.07) is 7.97. The van der Waals surface area contributed by atoms with Crippen molar-refractivity contribution in [3.63, 3.8) is 0 Å². The van der Waals surface area contributed by atoms with E-state index in [0.29, 0.717) is 19.7 Å². The number of ether oxygens (including phenoxy) is 1. The number of carbonyl (C=O) groups is 2. The Labute approximate surface area is 162 Å². The normalized spacial score (nSPS) is 15.5. The molecule has 6 nitrogen and oxygen atoms in total. The van der Waals surface area contributed by atoms with Gasteiger partial charge in [0.2, 0.25) is 11.8 Å². The van der Waals surface area contributed by atoms with E-state index in [1.54, 1.807) is 7.11 Å². The molecule has 0 spiro atoms. The zero-order chi connectivity index (χ0) is 19.5. The molecular formula is C21H33N3O3. The molecule has 2 rings (SSSR count). The fraction of sp³-hybridized carbons (Fsp3) is 0.619. The van der Waals surface area contributed by atoms with Gasteiger partial charge in [-0.1, -0.05) is 37.6 Å². The lowest BCUT2D eigenvalue weighted by molar-refractivity contribution is -0.126. The van der Waals surface area contributed by atoms with Gasteiger partial charge in [0.25, 0.3) is 0 Å². The van der Waals surface area contributed by atoms with Crippen LogP contribution in [0.2, 0.25) is 0 Å². The van der Waals surface area contributed by atoms with E-state index < -0.39 is 0 Å². The third-order valence-electron chi connectivity index (χ3n) is 5.05. The van der Waals surface area contributed by atoms with Crippen molar-refractivity contribution in [2.45, 2.75) is 45.8 Å². The molecule has 150 valence electrons. The SMILES string of the molecule is CCCCNC(=O)C1CCN(CC(=O)NCc2ccccc2COC)CC1. The molecule has 0 saturated carbocycles. The molecule has 27 heavy (non-hydrogen) atoms. The van der Waals surface area contributed by atoms with E-state index in [4.69, 9.17) is 4.74 Å². The van der Waals surface area contributed by atoms with Gasteiger partial charge in [-0.05, 0) is 43.5 Å². The number of amides is 2. The Morgan fingerprint density at radius 2 is 1.85 bits per heavy atom. The Hall–Kier alpha value is -1.92. The summed E-state index contributed by atoms with van der Waals surface area (Å²) >= 11 is 0. The molecule has 0 radical (unpaired) electrons. The minimum atomic E-state index is 0.0214. The molecular weight excluding hydrogens is 342 g/mol. The van der Waals surface area contributed by atoms with Crippen LogP contribution in [0.15, 0.2) is 24.3 Å². The van der Waals surface area contributed by atoms with Crippen molar-refractivity contribution in [1.29, 1.82) is 0 Å². The average Bonchev–Trinajstić information content (AvgIpc) is 2.68. The molecule has 1 aliphatic heterocycles. The lowest BCUT2D eigenvalue weighted by Gasteiger charge is -2.30. The topological polar surface area (TPSA) is 70.7 Å². The van der Waals surface area contributed by atoms with Gasteiger partial charge in [-0.2, -0.15) is 0 Å². The van der Waals surface area contributed by atoms with Crippen LogP contribution in [-0.2, 0) is 27.5 Å². The summed E-state index contributed by atoms with van der Waals surface area (Å²) in [5, 5.41) is 6.01. The van der Waals surface area contributed by atoms with Gasteiger partial charge in [0.1, 0.15) is 0 Å². The van der Waals surface area contributed by atoms with Crippen molar-refractivity contribution in [3.05, 3.63) is 35.4 Å². The third-order valence-corrected chi connectivity index (χ3v) is 5.05. The second-order valence-corrected chi connectivity index (χ2v) is 7.17. The highest BCUT2D eigenvalue weighted by molar-refractivity contribution is 5.79. The first-order valence-corrected chi connectivity index (χ1v) is 9.96. The highest BCUT2D eigenvalue weighted by atomic mass is 16.5. The Morgan fingerprint density at radius 1 is 1.15 bits per heavy atom. The van der Waals surface area contributed by atoms with Crippen LogP contribution in [-0.4, -0.2) is 50.0 Å². The molecule has 1 aromatic carbocycles. The van der Waals surface area contributed by atoms with Crippen LogP contribution >= 0.6 is 0 Å². The molecule has 0 aliphatic carbocycles. The number of benzene rings is 1. The zero-order valence-corrected chi connectivity index (χ0v) is 16.6. The quantitative estimate of drug-likeness (QED) is 0.614. The van der Waals surface area contributed by atoms with Crippen LogP contribution in [0.1, 0.15) is 43.7 Å². The van der Waals surface area contributed by atoms with Gasteiger partial charge >= 0.3 is 0 Å². The molecule has 0 bridgehead atoms. The van der Waals surface area contributed by atoms with Crippen molar-refractivity contribution in [2.75, 3.05) is 33.3 Å². The number of carbonyl (C=O) groups excluding carboxylic acids is 2. The van der Waals surface area contributed by atoms with Gasteiger partial charge < -0.3 is 15.4 Å². The standard InChI is InChI=1S/C21H33N3O3/c1-3-4-11-22-21(26)17-9-12-24(13-10-17)15-20(25)23-14-18-7-5-6-8-19(18)16-27-2/h5-8,17H,3-4,9-16H2,1-2H3,(H,22,26)(H,23,25). The van der Waals surface area contributed by atoms with Crippen LogP contribution in [0, 0.1) is 5.92 Å². The highest BCUT2D eigenvalue weighted by Crippen LogP contribution is 2.17. The summed E-state index contributed by atoms with van der Waals surface area (Å²) in [6.07, 6.45) is 3.76. The van der Waals surface area contributed by atoms with Crippen molar-refractivity contribution in [3.8, 4) is 0 Å². The number of nitrogens with one attached hydrogen (secondary N) is 2. The van der Waals surface area contributed by atoms with E-state index >= 15 is 0 Å². The monoisotopic (exact) mass is 375 g/mol. The molecule has 2 amide bonds. The molecule has 1 aromatic rings. The maximum absolute atomic E-state index is 12.3. The smallest absolute Gasteiger partial charge is 0.234 e. The number of likely N-dealkylation sites (tertiary alicyclic amines) is 1. The molecule has 0 atom stereocenters. The minimum absolute atomic E-state index is 0.0214. The Bertz CT molecular complexity index is 598. The predicted octanol–water partition coefficient (Wildman–Crippen LogP) is 2.08. The van der Waals surface area contributed by atoms with E-state index in [1.807, 2.05) is 24.3 Å². The molecule has 2 N–H and O–H groups in total. The summed E-state index contributed by atoms with van der Waals surface area (Å²) in [5.41, 5.74) is 2.17. The molecule has 0 unspecified atom stereocenters. The van der Waals surface area contributed by atoms with Crippen LogP contribution in [0.5, 0.6) is 0 Å². The number of unbranched alkanes of at least 4 members (excludes halogenated alkanes) is 1. The maximum atomic E-state index is 12.3. The van der Waals surface area contributed by atoms with Crippen molar-refractivity contribution in [2.24, 2.45) is 5.92 Å². The lowest BCUT2D eigenvalue weighted by atomic mass is 9.96. The second-order valence-electron chi connectivity index (χ2n) is 7.17. The summed E-state index contributed by atoms with van der Waals surface area (Å²) in [6.45, 7) is 5.90. The molecule has 1 aliphatic rings. The van der Waals surface area contributed by atoms with Crippen molar-refractivity contribution in [1.82, 2.24) is 15.5 Å². The van der Waals surface area contributed by atoms with E-state index in [-0.39, 0.29) is 17.7 Å². The van der Waals surface area contributed by atoms with Gasteiger partial charge in [-0.25, -0.2) is 0 Å². The number of nitrogens with zero attached hydrogens (tertiary/aromatic N) is 1. The van der Waals surface area contributed by atoms with Crippen LogP contribution in [0.3, 0.4) is 0 Å². The first-order valence-electron chi connectivity index (χ1n) is 9.96. The number of rotatable bonds is 10. The van der Waals surface area contributed by atoms with E-state index in [1.165, 1.54) is 0 Å². The predicted molar refractivity (Wildman–Crippen MR) is 106 cm³/mol. The first kappa shape index (κ1) is 21.4. The number of methoxy groups -OCH3 is 1. The van der Waals surface area contributed by atoms with Crippen LogP contribution in [0.4, 0.5) is 0 Å². The van der Waals surface area contributed by atoms with Gasteiger partial charge in [-0.15, -0.1) is 0 Å². The summed E-state index contributed by atoms with van der Waals surface area (Å²) in [5.74, 6) is 0.275. The third kappa shape index (κ3) is 7.31. The zero-order valence-electron chi connectivity index (χ0n) is 16.6. The molecule has 6 heteroatoms. The maximum Gasteiger partial charge on any atom is 0.234 e. The molecule has 1 fully saturated rings. The van der Waals surface area contributed by atoms with E-state index in [2.05, 4.69) is 22.5 Å². The van der Waals surface area contributed by atoms with Gasteiger partial charge in [-0.3, -0.25) is 14.5 Å². The lowest BCUT2D eigenvalue weighted by Crippen LogP contribution is -2.44. The van der Waals surface area contributed by atoms with E-state index in [0.717, 1.165) is 56.4 Å². The van der Waals surface area contributed by atoms with Crippen LogP contribution in [0.25, 0.3) is 0 Å². The van der Waals surface area contributed by atoms with Crippen molar-refractivity contribution < 1.29 is 14.3 Å².